The Kier molecular flexibility index (Phi) is 6.02. The smallest absolute Gasteiger partial charge is 0.216 e. The predicted octanol–water partition coefficient (Wildman–Crippen LogP) is 2.53. The molecule has 0 fully saturated rings. The molecule has 3 rings (SSSR count). The number of nitrogens with zero attached hydrogens (tertiary/aromatic N) is 5. The zero-order chi connectivity index (χ0) is 19.9. The fourth-order valence-corrected chi connectivity index (χ4v) is 2.63. The van der Waals surface area contributed by atoms with Crippen LogP contribution in [0.5, 0.6) is 0 Å². The summed E-state index contributed by atoms with van der Waals surface area (Å²) in [5, 5.41) is 30.2. The molecule has 3 heterocycles. The van der Waals surface area contributed by atoms with E-state index in [4.69, 9.17) is 16.0 Å². The molecule has 0 aromatic carbocycles. The fraction of sp³-hybridized carbons (Fsp3) is 0.222. The van der Waals surface area contributed by atoms with Gasteiger partial charge in [-0.05, 0) is 30.7 Å². The Labute approximate surface area is 161 Å². The number of nitrogens with one attached hydrogen (secondary N) is 4. The molecule has 0 spiro atoms. The lowest BCUT2D eigenvalue weighted by molar-refractivity contribution is 0.298. The maximum Gasteiger partial charge on any atom is 0.216 e. The molecule has 1 unspecified atom stereocenters. The molecular formula is C18H21N9O. The molecule has 10 heteroatoms. The molecule has 0 saturated carbocycles. The van der Waals surface area contributed by atoms with Crippen LogP contribution in [0.3, 0.4) is 0 Å². The third-order valence-electron chi connectivity index (χ3n) is 4.10. The summed E-state index contributed by atoms with van der Waals surface area (Å²) in [5.41, 5.74) is 10.3. The maximum absolute atomic E-state index is 8.87. The van der Waals surface area contributed by atoms with Crippen molar-refractivity contribution in [1.29, 1.82) is 10.9 Å². The van der Waals surface area contributed by atoms with Crippen molar-refractivity contribution < 1.29 is 5.11 Å². The summed E-state index contributed by atoms with van der Waals surface area (Å²) in [6, 6.07) is 5.77. The van der Waals surface area contributed by atoms with E-state index in [-0.39, 0.29) is 18.5 Å². The molecule has 0 aliphatic rings. The van der Waals surface area contributed by atoms with E-state index in [1.54, 1.807) is 16.9 Å². The van der Waals surface area contributed by atoms with Gasteiger partial charge in [-0.1, -0.05) is 0 Å². The highest BCUT2D eigenvalue weighted by Crippen LogP contribution is 2.26. The van der Waals surface area contributed by atoms with E-state index < -0.39 is 0 Å². The van der Waals surface area contributed by atoms with Gasteiger partial charge in [-0.25, -0.2) is 20.0 Å². The Bertz CT molecular complexity index is 1010. The molecule has 3 aromatic rings. The third-order valence-corrected chi connectivity index (χ3v) is 4.10. The first-order valence-corrected chi connectivity index (χ1v) is 8.66. The molecule has 0 radical (unpaired) electrons. The van der Waals surface area contributed by atoms with Gasteiger partial charge >= 0.3 is 0 Å². The minimum absolute atomic E-state index is 0.0179. The van der Waals surface area contributed by atoms with Crippen LogP contribution in [0.15, 0.2) is 48.1 Å². The minimum atomic E-state index is -0.120. The topological polar surface area (TPSA) is 147 Å². The lowest BCUT2D eigenvalue weighted by Gasteiger charge is -2.16. The highest BCUT2D eigenvalue weighted by molar-refractivity contribution is 6.07. The number of anilines is 1. The standard InChI is InChI=1S/C18H21N9O/c1-12(13-3-6-27-15(8-13)2-4-23-27)24-18-17(26-20)22-11-16(25-18)14(9-19)10-21-5-7-28/h2-4,6,8-12,19-21,28H,5,7H2,1H3,(H,24,25)/b14-10+,19-9?,26-20?. The predicted molar refractivity (Wildman–Crippen MR) is 106 cm³/mol. The monoisotopic (exact) mass is 379 g/mol. The first-order chi connectivity index (χ1) is 13.7. The Morgan fingerprint density at radius 1 is 1.43 bits per heavy atom. The van der Waals surface area contributed by atoms with Crippen LogP contribution >= 0.6 is 0 Å². The van der Waals surface area contributed by atoms with E-state index in [2.05, 4.69) is 30.8 Å². The zero-order valence-corrected chi connectivity index (χ0v) is 15.3. The first kappa shape index (κ1) is 19.1. The van der Waals surface area contributed by atoms with Crippen molar-refractivity contribution in [3.63, 3.8) is 0 Å². The number of rotatable bonds is 9. The summed E-state index contributed by atoms with van der Waals surface area (Å²) in [6.07, 6.45) is 7.81. The Hall–Kier alpha value is -3.66. The average molecular weight is 379 g/mol. The van der Waals surface area contributed by atoms with E-state index in [0.717, 1.165) is 17.3 Å². The van der Waals surface area contributed by atoms with Crippen molar-refractivity contribution in [3.8, 4) is 0 Å². The van der Waals surface area contributed by atoms with Crippen molar-refractivity contribution >= 4 is 28.9 Å². The third kappa shape index (κ3) is 4.18. The lowest BCUT2D eigenvalue weighted by atomic mass is 10.1. The van der Waals surface area contributed by atoms with Crippen LogP contribution in [-0.4, -0.2) is 44.1 Å². The summed E-state index contributed by atoms with van der Waals surface area (Å²) >= 11 is 0. The molecule has 5 N–H and O–H groups in total. The molecule has 28 heavy (non-hydrogen) atoms. The second-order valence-electron chi connectivity index (χ2n) is 5.99. The molecule has 10 nitrogen and oxygen atoms in total. The molecule has 0 aliphatic heterocycles. The number of aliphatic hydroxyl groups is 1. The van der Waals surface area contributed by atoms with Crippen LogP contribution < -0.4 is 10.6 Å². The van der Waals surface area contributed by atoms with Crippen LogP contribution in [0.4, 0.5) is 11.6 Å². The molecule has 0 aliphatic carbocycles. The van der Waals surface area contributed by atoms with Crippen LogP contribution in [-0.2, 0) is 0 Å². The molecule has 1 atom stereocenters. The molecule has 144 valence electrons. The molecular weight excluding hydrogens is 358 g/mol. The van der Waals surface area contributed by atoms with E-state index in [0.29, 0.717) is 23.6 Å². The van der Waals surface area contributed by atoms with Crippen molar-refractivity contribution in [2.24, 2.45) is 5.11 Å². The van der Waals surface area contributed by atoms with Gasteiger partial charge in [0.05, 0.1) is 30.1 Å². The van der Waals surface area contributed by atoms with E-state index in [1.807, 2.05) is 31.3 Å². The minimum Gasteiger partial charge on any atom is -0.395 e. The van der Waals surface area contributed by atoms with Gasteiger partial charge in [0.2, 0.25) is 5.82 Å². The number of aliphatic hydroxyl groups excluding tert-OH is 1. The number of hydrogen-bond acceptors (Lipinski definition) is 9. The van der Waals surface area contributed by atoms with Crippen molar-refractivity contribution in [2.75, 3.05) is 18.5 Å². The number of fused-ring (bicyclic) bond motifs is 1. The van der Waals surface area contributed by atoms with Gasteiger partial charge in [0.15, 0.2) is 5.82 Å². The average Bonchev–Trinajstić information content (AvgIpc) is 3.19. The number of aromatic nitrogens is 4. The highest BCUT2D eigenvalue weighted by Gasteiger charge is 2.14. The van der Waals surface area contributed by atoms with Gasteiger partial charge in [0.1, 0.15) is 0 Å². The summed E-state index contributed by atoms with van der Waals surface area (Å²) in [4.78, 5) is 8.65. The zero-order valence-electron chi connectivity index (χ0n) is 15.3. The Morgan fingerprint density at radius 3 is 3.04 bits per heavy atom. The van der Waals surface area contributed by atoms with Gasteiger partial charge in [0, 0.05) is 36.9 Å². The highest BCUT2D eigenvalue weighted by atomic mass is 16.3. The van der Waals surface area contributed by atoms with Gasteiger partial charge in [0.25, 0.3) is 0 Å². The van der Waals surface area contributed by atoms with Crippen LogP contribution in [0.25, 0.3) is 11.1 Å². The summed E-state index contributed by atoms with van der Waals surface area (Å²) < 4.78 is 1.78. The SMILES string of the molecule is CC(Nc1nc(/C(C=N)=C/NCCO)cnc1N=N)c1ccn2nccc2c1. The number of allylic oxidation sites excluding steroid dienone is 1. The lowest BCUT2D eigenvalue weighted by Crippen LogP contribution is -2.13. The van der Waals surface area contributed by atoms with Gasteiger partial charge in [-0.15, -0.1) is 5.11 Å². The second kappa shape index (κ2) is 8.82. The maximum atomic E-state index is 8.87. The van der Waals surface area contributed by atoms with Crippen molar-refractivity contribution in [3.05, 3.63) is 54.2 Å². The largest absolute Gasteiger partial charge is 0.395 e. The number of pyridine rings is 1. The molecule has 0 saturated heterocycles. The Morgan fingerprint density at radius 2 is 2.29 bits per heavy atom. The fourth-order valence-electron chi connectivity index (χ4n) is 2.63. The van der Waals surface area contributed by atoms with E-state index >= 15 is 0 Å². The van der Waals surface area contributed by atoms with Crippen LogP contribution in [0, 0.1) is 10.9 Å². The first-order valence-electron chi connectivity index (χ1n) is 8.66. The summed E-state index contributed by atoms with van der Waals surface area (Å²) in [6.45, 7) is 2.32. The summed E-state index contributed by atoms with van der Waals surface area (Å²) in [5.74, 6) is 0.511. The van der Waals surface area contributed by atoms with Crippen LogP contribution in [0.1, 0.15) is 24.2 Å². The normalized spacial score (nSPS) is 12.6. The van der Waals surface area contributed by atoms with E-state index in [1.165, 1.54) is 6.20 Å². The molecule has 0 amide bonds. The number of hydrogen-bond donors (Lipinski definition) is 5. The van der Waals surface area contributed by atoms with E-state index in [9.17, 15) is 0 Å². The van der Waals surface area contributed by atoms with Crippen molar-refractivity contribution in [2.45, 2.75) is 13.0 Å². The van der Waals surface area contributed by atoms with Crippen molar-refractivity contribution in [1.82, 2.24) is 24.9 Å². The molecule has 0 bridgehead atoms. The second-order valence-corrected chi connectivity index (χ2v) is 5.99. The van der Waals surface area contributed by atoms with Gasteiger partial charge in [-0.3, -0.25) is 0 Å². The van der Waals surface area contributed by atoms with Gasteiger partial charge in [-0.2, -0.15) is 5.10 Å². The van der Waals surface area contributed by atoms with Gasteiger partial charge < -0.3 is 21.1 Å². The Balaban J connectivity index is 1.87. The summed E-state index contributed by atoms with van der Waals surface area (Å²) in [7, 11) is 0. The van der Waals surface area contributed by atoms with Crippen LogP contribution in [0.2, 0.25) is 0 Å². The molecule has 3 aromatic heterocycles. The quantitative estimate of drug-likeness (QED) is 0.219.